The Bertz CT molecular complexity index is 1100. The molecular weight excluding hydrogens is 446 g/mol. The number of benzene rings is 2. The Morgan fingerprint density at radius 2 is 1.71 bits per heavy atom. The number of aliphatic imine (C=N–C) groups is 1. The Balaban J connectivity index is 2.06. The molecule has 0 heterocycles. The van der Waals surface area contributed by atoms with E-state index in [1.807, 2.05) is 13.8 Å². The summed E-state index contributed by atoms with van der Waals surface area (Å²) >= 11 is 0. The van der Waals surface area contributed by atoms with E-state index in [2.05, 4.69) is 15.6 Å². The van der Waals surface area contributed by atoms with Crippen molar-refractivity contribution < 1.29 is 27.8 Å². The van der Waals surface area contributed by atoms with Gasteiger partial charge in [0.25, 0.3) is 5.91 Å². The summed E-state index contributed by atoms with van der Waals surface area (Å²) in [5.74, 6) is -2.32. The van der Waals surface area contributed by atoms with Gasteiger partial charge in [-0.05, 0) is 41.3 Å². The number of nitrogens with two attached hydrogens (primary N) is 1. The number of methoxy groups -OCH3 is 2. The van der Waals surface area contributed by atoms with Crippen molar-refractivity contribution in [3.63, 3.8) is 0 Å². The van der Waals surface area contributed by atoms with Crippen LogP contribution in [0.5, 0.6) is 11.5 Å². The fraction of sp³-hybridized carbons (Fsp3) is 0.292. The molecule has 10 heteroatoms. The van der Waals surface area contributed by atoms with Gasteiger partial charge in [0.05, 0.1) is 20.6 Å². The van der Waals surface area contributed by atoms with Crippen LogP contribution < -0.4 is 25.8 Å². The molecule has 2 rings (SSSR count). The first-order valence-corrected chi connectivity index (χ1v) is 10.4. The zero-order valence-corrected chi connectivity index (χ0v) is 19.4. The number of rotatable bonds is 9. The highest BCUT2D eigenvalue weighted by molar-refractivity contribution is 6.01. The molecule has 182 valence electrons. The van der Waals surface area contributed by atoms with E-state index in [4.69, 9.17) is 15.2 Å². The number of hydrogen-bond acceptors (Lipinski definition) is 5. The normalized spacial score (nSPS) is 11.9. The summed E-state index contributed by atoms with van der Waals surface area (Å²) in [5, 5.41) is 5.02. The first-order valence-electron chi connectivity index (χ1n) is 10.4. The molecule has 4 N–H and O–H groups in total. The molecule has 2 aromatic carbocycles. The van der Waals surface area contributed by atoms with Crippen molar-refractivity contribution >= 4 is 17.8 Å². The summed E-state index contributed by atoms with van der Waals surface area (Å²) in [7, 11) is 3.00. The Morgan fingerprint density at radius 1 is 1.03 bits per heavy atom. The number of carbonyl (C=O) groups excluding carboxylic acids is 2. The Morgan fingerprint density at radius 3 is 2.32 bits per heavy atom. The smallest absolute Gasteiger partial charge is 0.269 e. The summed E-state index contributed by atoms with van der Waals surface area (Å²) in [5.41, 5.74) is 6.85. The average Bonchev–Trinajstić information content (AvgIpc) is 2.78. The van der Waals surface area contributed by atoms with Gasteiger partial charge < -0.3 is 20.5 Å². The topological polar surface area (TPSA) is 115 Å². The number of guanidine groups is 1. The van der Waals surface area contributed by atoms with E-state index in [-0.39, 0.29) is 30.5 Å². The number of halogens is 2. The van der Waals surface area contributed by atoms with E-state index < -0.39 is 23.4 Å². The fourth-order valence-corrected chi connectivity index (χ4v) is 2.92. The second-order valence-electron chi connectivity index (χ2n) is 7.64. The first-order chi connectivity index (χ1) is 16.1. The number of nitrogens with zero attached hydrogens (tertiary/aromatic N) is 1. The molecule has 2 aromatic rings. The minimum Gasteiger partial charge on any atom is -0.493 e. The molecule has 0 aromatic heterocycles. The second-order valence-corrected chi connectivity index (χ2v) is 7.64. The van der Waals surface area contributed by atoms with Crippen LogP contribution in [0.4, 0.5) is 8.78 Å². The predicted octanol–water partition coefficient (Wildman–Crippen LogP) is 2.81. The molecule has 0 bridgehead atoms. The van der Waals surface area contributed by atoms with Crippen LogP contribution in [-0.4, -0.2) is 32.0 Å². The summed E-state index contributed by atoms with van der Waals surface area (Å²) in [6.45, 7) is 3.63. The summed E-state index contributed by atoms with van der Waals surface area (Å²) < 4.78 is 36.9. The summed E-state index contributed by atoms with van der Waals surface area (Å²) in [6, 6.07) is 8.39. The van der Waals surface area contributed by atoms with Crippen LogP contribution in [0.2, 0.25) is 0 Å². The van der Waals surface area contributed by atoms with Gasteiger partial charge in [-0.3, -0.25) is 14.9 Å². The van der Waals surface area contributed by atoms with E-state index in [1.54, 1.807) is 24.3 Å². The lowest BCUT2D eigenvalue weighted by Gasteiger charge is -2.11. The van der Waals surface area contributed by atoms with Gasteiger partial charge in [0, 0.05) is 6.54 Å². The molecule has 0 saturated heterocycles. The van der Waals surface area contributed by atoms with Gasteiger partial charge in [0.15, 0.2) is 23.1 Å². The van der Waals surface area contributed by atoms with E-state index in [0.717, 1.165) is 12.1 Å². The molecule has 0 aliphatic carbocycles. The number of allylic oxidation sites excluding steroid dienone is 1. The van der Waals surface area contributed by atoms with Gasteiger partial charge in [-0.2, -0.15) is 0 Å². The van der Waals surface area contributed by atoms with Crippen LogP contribution in [0, 0.1) is 17.6 Å². The minimum absolute atomic E-state index is 0.0118. The van der Waals surface area contributed by atoms with Gasteiger partial charge in [-0.1, -0.05) is 32.1 Å². The van der Waals surface area contributed by atoms with Crippen molar-refractivity contribution in [2.24, 2.45) is 16.6 Å². The Kier molecular flexibility index (Phi) is 9.54. The van der Waals surface area contributed by atoms with E-state index >= 15 is 0 Å². The maximum Gasteiger partial charge on any atom is 0.269 e. The second kappa shape index (κ2) is 12.3. The number of amides is 2. The van der Waals surface area contributed by atoms with Crippen LogP contribution in [0.1, 0.15) is 25.0 Å². The van der Waals surface area contributed by atoms with Crippen LogP contribution in [0.3, 0.4) is 0 Å². The van der Waals surface area contributed by atoms with Gasteiger partial charge in [-0.15, -0.1) is 0 Å². The van der Waals surface area contributed by atoms with Crippen molar-refractivity contribution in [2.75, 3.05) is 14.2 Å². The maximum atomic E-state index is 13.4. The summed E-state index contributed by atoms with van der Waals surface area (Å²) in [6.07, 6.45) is 1.55. The van der Waals surface area contributed by atoms with Gasteiger partial charge >= 0.3 is 0 Å². The van der Waals surface area contributed by atoms with Gasteiger partial charge in [0.2, 0.25) is 11.9 Å². The lowest BCUT2D eigenvalue weighted by Crippen LogP contribution is -2.38. The maximum absolute atomic E-state index is 13.4. The van der Waals surface area contributed by atoms with Gasteiger partial charge in [-0.25, -0.2) is 13.8 Å². The van der Waals surface area contributed by atoms with Crippen LogP contribution in [0.15, 0.2) is 53.2 Å². The zero-order valence-electron chi connectivity index (χ0n) is 19.4. The SMILES string of the molecule is COc1ccc(CC(=O)NC(N)=N/C(=C/C(C)C)C(=O)NCc2ccc(F)c(F)c2)cc1OC. The van der Waals surface area contributed by atoms with Crippen molar-refractivity contribution in [3.8, 4) is 11.5 Å². The number of hydrogen-bond donors (Lipinski definition) is 3. The number of ether oxygens (including phenoxy) is 2. The lowest BCUT2D eigenvalue weighted by molar-refractivity contribution is -0.119. The molecule has 0 unspecified atom stereocenters. The third-order valence-electron chi connectivity index (χ3n) is 4.48. The first kappa shape index (κ1) is 26.3. The van der Waals surface area contributed by atoms with E-state index in [1.165, 1.54) is 20.3 Å². The van der Waals surface area contributed by atoms with Crippen LogP contribution in [-0.2, 0) is 22.6 Å². The highest BCUT2D eigenvalue weighted by Crippen LogP contribution is 2.27. The van der Waals surface area contributed by atoms with Crippen molar-refractivity contribution in [3.05, 3.63) is 70.9 Å². The molecule has 34 heavy (non-hydrogen) atoms. The Labute approximate surface area is 196 Å². The molecule has 0 aliphatic rings. The van der Waals surface area contributed by atoms with Crippen molar-refractivity contribution in [2.45, 2.75) is 26.8 Å². The lowest BCUT2D eigenvalue weighted by atomic mass is 10.1. The molecule has 8 nitrogen and oxygen atoms in total. The van der Waals surface area contributed by atoms with Crippen LogP contribution >= 0.6 is 0 Å². The van der Waals surface area contributed by atoms with Crippen LogP contribution in [0.25, 0.3) is 0 Å². The monoisotopic (exact) mass is 474 g/mol. The molecule has 2 amide bonds. The third kappa shape index (κ3) is 7.88. The minimum atomic E-state index is -1.01. The quantitative estimate of drug-likeness (QED) is 0.294. The fourth-order valence-electron chi connectivity index (χ4n) is 2.92. The number of carbonyl (C=O) groups is 2. The molecule has 0 saturated carbocycles. The molecule has 0 radical (unpaired) electrons. The molecule has 0 aliphatic heterocycles. The van der Waals surface area contributed by atoms with Crippen molar-refractivity contribution in [1.29, 1.82) is 0 Å². The predicted molar refractivity (Wildman–Crippen MR) is 124 cm³/mol. The van der Waals surface area contributed by atoms with E-state index in [0.29, 0.717) is 22.6 Å². The summed E-state index contributed by atoms with van der Waals surface area (Å²) in [4.78, 5) is 29.0. The Hall–Kier alpha value is -3.95. The average molecular weight is 475 g/mol. The highest BCUT2D eigenvalue weighted by Gasteiger charge is 2.13. The third-order valence-corrected chi connectivity index (χ3v) is 4.48. The highest BCUT2D eigenvalue weighted by atomic mass is 19.2. The molecule has 0 spiro atoms. The van der Waals surface area contributed by atoms with E-state index in [9.17, 15) is 18.4 Å². The number of nitrogens with one attached hydrogen (secondary N) is 2. The molecule has 0 fully saturated rings. The molecular formula is C24H28F2N4O4. The zero-order chi connectivity index (χ0) is 25.3. The van der Waals surface area contributed by atoms with Crippen molar-refractivity contribution in [1.82, 2.24) is 10.6 Å². The molecule has 0 atom stereocenters. The standard InChI is InChI=1S/C24H28F2N4O4/c1-14(2)9-19(23(32)28-13-16-5-7-17(25)18(26)10-16)29-24(27)30-22(31)12-15-6-8-20(33-3)21(11-15)34-4/h5-11,14H,12-13H2,1-4H3,(H,28,32)(H3,27,29,30,31)/b19-9+. The largest absolute Gasteiger partial charge is 0.493 e. The van der Waals surface area contributed by atoms with Gasteiger partial charge in [0.1, 0.15) is 5.70 Å².